The Morgan fingerprint density at radius 3 is 2.34 bits per heavy atom. The molecular formula is C25H14ClF5N4O3. The minimum atomic E-state index is -4.79. The number of aryl methyl sites for hydroxylation is 2. The number of imidazole rings is 1. The summed E-state index contributed by atoms with van der Waals surface area (Å²) in [6.07, 6.45) is -3.57. The number of nitro benzene ring substituents is 1. The van der Waals surface area contributed by atoms with Gasteiger partial charge in [0, 0.05) is 29.8 Å². The zero-order chi connectivity index (χ0) is 27.7. The second-order valence-corrected chi connectivity index (χ2v) is 8.85. The molecule has 5 aromatic rings. The summed E-state index contributed by atoms with van der Waals surface area (Å²) in [6.45, 7) is 1.62. The van der Waals surface area contributed by atoms with Crippen LogP contribution in [-0.4, -0.2) is 24.9 Å². The van der Waals surface area contributed by atoms with Gasteiger partial charge in [-0.3, -0.25) is 19.5 Å². The van der Waals surface area contributed by atoms with Crippen LogP contribution in [0.25, 0.3) is 33.1 Å². The van der Waals surface area contributed by atoms with Crippen LogP contribution in [-0.2, 0) is 13.2 Å². The Labute approximate surface area is 214 Å². The van der Waals surface area contributed by atoms with Crippen molar-refractivity contribution in [3.8, 4) is 11.1 Å². The molecule has 0 aliphatic carbocycles. The minimum Gasteiger partial charge on any atom is -0.331 e. The molecule has 0 saturated carbocycles. The molecule has 38 heavy (non-hydrogen) atoms. The monoisotopic (exact) mass is 548 g/mol. The zero-order valence-electron chi connectivity index (χ0n) is 19.4. The molecule has 3 aromatic carbocycles. The third-order valence-corrected chi connectivity index (χ3v) is 6.68. The summed E-state index contributed by atoms with van der Waals surface area (Å²) in [7, 11) is 1.57. The normalized spacial score (nSPS) is 12.0. The van der Waals surface area contributed by atoms with Gasteiger partial charge in [0.15, 0.2) is 0 Å². The molecule has 2 aromatic heterocycles. The van der Waals surface area contributed by atoms with Crippen LogP contribution < -0.4 is 0 Å². The quantitative estimate of drug-likeness (QED) is 0.137. The van der Waals surface area contributed by atoms with Crippen LogP contribution in [0.15, 0.2) is 48.7 Å². The van der Waals surface area contributed by atoms with Crippen LogP contribution in [0.1, 0.15) is 21.7 Å². The highest BCUT2D eigenvalue weighted by Gasteiger charge is 2.37. The van der Waals surface area contributed by atoms with Gasteiger partial charge in [-0.2, -0.15) is 22.0 Å². The predicted octanol–water partition coefficient (Wildman–Crippen LogP) is 7.05. The number of nitrogens with zero attached hydrogens (tertiary/aromatic N) is 4. The van der Waals surface area contributed by atoms with Crippen LogP contribution in [0, 0.1) is 28.7 Å². The molecule has 0 aliphatic rings. The molecule has 0 atom stereocenters. The molecule has 0 N–H and O–H groups in total. The molecule has 0 amide bonds. The molecule has 7 nitrogen and oxygen atoms in total. The zero-order valence-corrected chi connectivity index (χ0v) is 20.2. The Morgan fingerprint density at radius 1 is 1.08 bits per heavy atom. The van der Waals surface area contributed by atoms with Gasteiger partial charge < -0.3 is 4.57 Å². The molecule has 2 heterocycles. The van der Waals surface area contributed by atoms with Gasteiger partial charge in [0.1, 0.15) is 11.3 Å². The lowest BCUT2D eigenvalue weighted by Gasteiger charge is -2.17. The van der Waals surface area contributed by atoms with Gasteiger partial charge in [-0.15, -0.1) is 0 Å². The van der Waals surface area contributed by atoms with E-state index in [1.54, 1.807) is 14.0 Å². The molecule has 0 unspecified atom stereocenters. The first-order valence-corrected chi connectivity index (χ1v) is 11.2. The molecule has 0 aliphatic heterocycles. The van der Waals surface area contributed by atoms with Crippen LogP contribution in [0.2, 0.25) is 5.02 Å². The predicted molar refractivity (Wildman–Crippen MR) is 129 cm³/mol. The van der Waals surface area contributed by atoms with E-state index in [1.807, 2.05) is 0 Å². The molecule has 0 saturated heterocycles. The Morgan fingerprint density at radius 2 is 1.74 bits per heavy atom. The van der Waals surface area contributed by atoms with E-state index in [0.717, 1.165) is 10.6 Å². The third-order valence-electron chi connectivity index (χ3n) is 6.31. The molecule has 0 radical (unpaired) electrons. The van der Waals surface area contributed by atoms with Gasteiger partial charge in [-0.1, -0.05) is 23.7 Å². The minimum absolute atomic E-state index is 0.0534. The van der Waals surface area contributed by atoms with Crippen molar-refractivity contribution in [3.63, 3.8) is 0 Å². The SMILES string of the molecule is Cc1nc2c(Cl)c(-c3cccc4c3ccn4C(=O)c3cc(F)c([N+](=O)[O-])c(F)c3)c(C(F)(F)F)cc2n1C. The molecular weight excluding hydrogens is 535 g/mol. The fourth-order valence-corrected chi connectivity index (χ4v) is 4.79. The van der Waals surface area contributed by atoms with Crippen molar-refractivity contribution in [2.24, 2.45) is 7.05 Å². The van der Waals surface area contributed by atoms with Crippen molar-refractivity contribution in [2.45, 2.75) is 13.1 Å². The average Bonchev–Trinajstić information content (AvgIpc) is 3.39. The smallest absolute Gasteiger partial charge is 0.331 e. The van der Waals surface area contributed by atoms with E-state index in [-0.39, 0.29) is 38.1 Å². The highest BCUT2D eigenvalue weighted by molar-refractivity contribution is 6.38. The number of aromatic nitrogens is 3. The standard InChI is InChI=1S/C25H14ClF5N4O3/c1-11-32-22-19(33(11)2)10-15(25(29,30)31)20(21(22)26)14-4-3-5-18-13(14)6-7-34(18)24(36)12-8-16(27)23(35(37)38)17(28)9-12/h3-10H,1-2H3. The lowest BCUT2D eigenvalue weighted by molar-refractivity contribution is -0.390. The maximum Gasteiger partial charge on any atom is 0.417 e. The van der Waals surface area contributed by atoms with Crippen molar-refractivity contribution < 1.29 is 31.7 Å². The van der Waals surface area contributed by atoms with E-state index in [9.17, 15) is 36.9 Å². The second-order valence-electron chi connectivity index (χ2n) is 8.47. The first-order valence-electron chi connectivity index (χ1n) is 10.8. The molecule has 5 rings (SSSR count). The van der Waals surface area contributed by atoms with Gasteiger partial charge in [0.05, 0.1) is 26.5 Å². The third kappa shape index (κ3) is 3.79. The van der Waals surface area contributed by atoms with Crippen LogP contribution in [0.5, 0.6) is 0 Å². The maximum absolute atomic E-state index is 14.2. The van der Waals surface area contributed by atoms with Crippen LogP contribution in [0.4, 0.5) is 27.6 Å². The number of nitro groups is 1. The summed E-state index contributed by atoms with van der Waals surface area (Å²) < 4.78 is 73.5. The summed E-state index contributed by atoms with van der Waals surface area (Å²) in [6, 6.07) is 7.61. The lowest BCUT2D eigenvalue weighted by atomic mass is 9.95. The van der Waals surface area contributed by atoms with Gasteiger partial charge in [-0.05, 0) is 42.8 Å². The average molecular weight is 549 g/mol. The lowest BCUT2D eigenvalue weighted by Crippen LogP contribution is -2.12. The number of rotatable bonds is 3. The largest absolute Gasteiger partial charge is 0.417 e. The number of hydrogen-bond acceptors (Lipinski definition) is 4. The van der Waals surface area contributed by atoms with Crippen LogP contribution in [0.3, 0.4) is 0 Å². The summed E-state index contributed by atoms with van der Waals surface area (Å²) in [4.78, 5) is 27.0. The topological polar surface area (TPSA) is 83.0 Å². The molecule has 0 spiro atoms. The Bertz CT molecular complexity index is 1800. The van der Waals surface area contributed by atoms with E-state index in [4.69, 9.17) is 11.6 Å². The number of alkyl halides is 3. The number of carbonyl (C=O) groups excluding carboxylic acids is 1. The number of fused-ring (bicyclic) bond motifs is 2. The molecule has 13 heteroatoms. The Balaban J connectivity index is 1.73. The fourth-order valence-electron chi connectivity index (χ4n) is 4.45. The van der Waals surface area contributed by atoms with E-state index in [2.05, 4.69) is 4.98 Å². The maximum atomic E-state index is 14.2. The highest BCUT2D eigenvalue weighted by Crippen LogP contribution is 2.46. The Hall–Kier alpha value is -4.32. The number of carbonyl (C=O) groups is 1. The van der Waals surface area contributed by atoms with E-state index >= 15 is 0 Å². The van der Waals surface area contributed by atoms with Gasteiger partial charge >= 0.3 is 11.9 Å². The van der Waals surface area contributed by atoms with Gasteiger partial charge in [0.25, 0.3) is 5.91 Å². The summed E-state index contributed by atoms with van der Waals surface area (Å²) in [5, 5.41) is 10.8. The molecule has 194 valence electrons. The highest BCUT2D eigenvalue weighted by atomic mass is 35.5. The Kier molecular flexibility index (Phi) is 5.75. The van der Waals surface area contributed by atoms with E-state index < -0.39 is 45.5 Å². The first-order chi connectivity index (χ1) is 17.8. The van der Waals surface area contributed by atoms with Crippen molar-refractivity contribution in [3.05, 3.63) is 92.4 Å². The van der Waals surface area contributed by atoms with Gasteiger partial charge in [0.2, 0.25) is 11.6 Å². The number of benzene rings is 3. The van der Waals surface area contributed by atoms with Gasteiger partial charge in [-0.25, -0.2) is 4.98 Å². The summed E-state index contributed by atoms with van der Waals surface area (Å²) in [5.41, 5.74) is -2.77. The molecule has 0 bridgehead atoms. The van der Waals surface area contributed by atoms with Crippen molar-refractivity contribution >= 4 is 45.1 Å². The second kappa shape index (κ2) is 8.62. The first kappa shape index (κ1) is 25.3. The van der Waals surface area contributed by atoms with E-state index in [1.165, 1.54) is 35.0 Å². The summed E-state index contributed by atoms with van der Waals surface area (Å²) in [5.74, 6) is -3.60. The fraction of sp³-hybridized carbons (Fsp3) is 0.120. The number of hydrogen-bond donors (Lipinski definition) is 0. The van der Waals surface area contributed by atoms with E-state index in [0.29, 0.717) is 18.0 Å². The van der Waals surface area contributed by atoms with Crippen LogP contribution >= 0.6 is 11.6 Å². The summed E-state index contributed by atoms with van der Waals surface area (Å²) >= 11 is 6.53. The van der Waals surface area contributed by atoms with Crippen molar-refractivity contribution in [1.29, 1.82) is 0 Å². The number of halogens is 6. The van der Waals surface area contributed by atoms with Crippen molar-refractivity contribution in [2.75, 3.05) is 0 Å². The van der Waals surface area contributed by atoms with Crippen molar-refractivity contribution in [1.82, 2.24) is 14.1 Å². The molecule has 0 fully saturated rings.